The smallest absolute Gasteiger partial charge is 0.0388 e. The quantitative estimate of drug-likeness (QED) is 0.893. The lowest BCUT2D eigenvalue weighted by molar-refractivity contribution is 0.162. The van der Waals surface area contributed by atoms with E-state index in [9.17, 15) is 0 Å². The summed E-state index contributed by atoms with van der Waals surface area (Å²) in [5.74, 6) is 0.732. The second-order valence-corrected chi connectivity index (χ2v) is 5.80. The zero-order valence-corrected chi connectivity index (χ0v) is 12.7. The molecule has 0 bridgehead atoms. The van der Waals surface area contributed by atoms with Crippen LogP contribution in [0.15, 0.2) is 24.3 Å². The van der Waals surface area contributed by atoms with Crippen LogP contribution in [0.2, 0.25) is 0 Å². The van der Waals surface area contributed by atoms with E-state index in [-0.39, 0.29) is 0 Å². The van der Waals surface area contributed by atoms with E-state index in [2.05, 4.69) is 55.4 Å². The Morgan fingerprint density at radius 1 is 1.21 bits per heavy atom. The van der Waals surface area contributed by atoms with E-state index in [1.54, 1.807) is 0 Å². The Balaban J connectivity index is 2.28. The molecule has 2 atom stereocenters. The largest absolute Gasteiger partial charge is 0.319 e. The van der Waals surface area contributed by atoms with Gasteiger partial charge in [-0.2, -0.15) is 0 Å². The Kier molecular flexibility index (Phi) is 5.41. The van der Waals surface area contributed by atoms with Crippen LogP contribution >= 0.6 is 0 Å². The lowest BCUT2D eigenvalue weighted by Crippen LogP contribution is -2.36. The number of likely N-dealkylation sites (tertiary alicyclic amines) is 1. The van der Waals surface area contributed by atoms with Crippen LogP contribution in [-0.4, -0.2) is 31.6 Å². The molecule has 0 saturated carbocycles. The fourth-order valence-electron chi connectivity index (χ4n) is 3.39. The van der Waals surface area contributed by atoms with Gasteiger partial charge in [0.05, 0.1) is 0 Å². The van der Waals surface area contributed by atoms with Crippen molar-refractivity contribution in [1.29, 1.82) is 0 Å². The van der Waals surface area contributed by atoms with Crippen LogP contribution < -0.4 is 5.32 Å². The molecule has 1 fully saturated rings. The SMILES string of the molecule is CCN1CCCCC(CNC)C1c1ccc(C)cc1. The van der Waals surface area contributed by atoms with Crippen molar-refractivity contribution in [2.24, 2.45) is 5.92 Å². The van der Waals surface area contributed by atoms with E-state index in [4.69, 9.17) is 0 Å². The molecule has 2 unspecified atom stereocenters. The summed E-state index contributed by atoms with van der Waals surface area (Å²) in [6, 6.07) is 9.75. The number of nitrogens with zero attached hydrogens (tertiary/aromatic N) is 1. The van der Waals surface area contributed by atoms with Crippen LogP contribution in [0.1, 0.15) is 43.4 Å². The van der Waals surface area contributed by atoms with Crippen molar-refractivity contribution in [2.45, 2.75) is 39.2 Å². The second-order valence-electron chi connectivity index (χ2n) is 5.80. The summed E-state index contributed by atoms with van der Waals surface area (Å²) in [4.78, 5) is 2.67. The molecule has 0 aromatic heterocycles. The number of aryl methyl sites for hydroxylation is 1. The maximum absolute atomic E-state index is 3.39. The number of hydrogen-bond acceptors (Lipinski definition) is 2. The number of nitrogens with one attached hydrogen (secondary N) is 1. The van der Waals surface area contributed by atoms with Crippen molar-refractivity contribution < 1.29 is 0 Å². The van der Waals surface area contributed by atoms with Gasteiger partial charge in [0.1, 0.15) is 0 Å². The minimum atomic E-state index is 0.584. The van der Waals surface area contributed by atoms with Crippen LogP contribution in [0, 0.1) is 12.8 Å². The predicted molar refractivity (Wildman–Crippen MR) is 82.4 cm³/mol. The van der Waals surface area contributed by atoms with E-state index in [1.807, 2.05) is 0 Å². The molecule has 19 heavy (non-hydrogen) atoms. The first-order valence-corrected chi connectivity index (χ1v) is 7.71. The molecule has 0 spiro atoms. The van der Waals surface area contributed by atoms with Crippen molar-refractivity contribution in [2.75, 3.05) is 26.7 Å². The highest BCUT2D eigenvalue weighted by molar-refractivity contribution is 5.25. The summed E-state index contributed by atoms with van der Waals surface area (Å²) in [6.07, 6.45) is 4.05. The van der Waals surface area contributed by atoms with E-state index in [1.165, 1.54) is 36.9 Å². The number of hydrogen-bond donors (Lipinski definition) is 1. The van der Waals surface area contributed by atoms with Gasteiger partial charge >= 0.3 is 0 Å². The summed E-state index contributed by atoms with van der Waals surface area (Å²) in [5.41, 5.74) is 2.85. The average molecular weight is 260 g/mol. The zero-order valence-electron chi connectivity index (χ0n) is 12.7. The van der Waals surface area contributed by atoms with E-state index < -0.39 is 0 Å². The van der Waals surface area contributed by atoms with Gasteiger partial charge in [-0.25, -0.2) is 0 Å². The number of rotatable bonds is 4. The average Bonchev–Trinajstić information content (AvgIpc) is 2.62. The van der Waals surface area contributed by atoms with Crippen LogP contribution in [0.4, 0.5) is 0 Å². The Labute approximate surface area is 118 Å². The third-order valence-corrected chi connectivity index (χ3v) is 4.40. The normalized spacial score (nSPS) is 25.2. The molecule has 2 heteroatoms. The summed E-state index contributed by atoms with van der Waals surface area (Å²) >= 11 is 0. The maximum Gasteiger partial charge on any atom is 0.0388 e. The highest BCUT2D eigenvalue weighted by atomic mass is 15.2. The molecular weight excluding hydrogens is 232 g/mol. The molecule has 0 radical (unpaired) electrons. The third-order valence-electron chi connectivity index (χ3n) is 4.40. The fraction of sp³-hybridized carbons (Fsp3) is 0.647. The molecule has 1 heterocycles. The topological polar surface area (TPSA) is 15.3 Å². The Morgan fingerprint density at radius 3 is 2.58 bits per heavy atom. The first-order chi connectivity index (χ1) is 9.26. The van der Waals surface area contributed by atoms with Gasteiger partial charge in [-0.3, -0.25) is 4.90 Å². The van der Waals surface area contributed by atoms with Crippen LogP contribution in [0.5, 0.6) is 0 Å². The summed E-state index contributed by atoms with van der Waals surface area (Å²) < 4.78 is 0. The second kappa shape index (κ2) is 7.06. The van der Waals surface area contributed by atoms with Gasteiger partial charge in [-0.15, -0.1) is 0 Å². The first kappa shape index (κ1) is 14.5. The molecule has 1 aliphatic heterocycles. The number of benzene rings is 1. The molecule has 0 amide bonds. The van der Waals surface area contributed by atoms with Crippen molar-refractivity contribution in [3.63, 3.8) is 0 Å². The van der Waals surface area contributed by atoms with E-state index >= 15 is 0 Å². The van der Waals surface area contributed by atoms with Gasteiger partial charge in [0, 0.05) is 6.04 Å². The molecular formula is C17H28N2. The summed E-state index contributed by atoms with van der Waals surface area (Å²) in [7, 11) is 2.08. The van der Waals surface area contributed by atoms with Gasteiger partial charge in [-0.1, -0.05) is 43.2 Å². The van der Waals surface area contributed by atoms with Crippen molar-refractivity contribution in [3.8, 4) is 0 Å². The summed E-state index contributed by atoms with van der Waals surface area (Å²) in [5, 5.41) is 3.39. The predicted octanol–water partition coefficient (Wildman–Crippen LogP) is 3.38. The molecule has 1 aromatic rings. The summed E-state index contributed by atoms with van der Waals surface area (Å²) in [6.45, 7) is 7.98. The van der Waals surface area contributed by atoms with Crippen molar-refractivity contribution >= 4 is 0 Å². The molecule has 106 valence electrons. The van der Waals surface area contributed by atoms with Gasteiger partial charge in [0.2, 0.25) is 0 Å². The van der Waals surface area contributed by atoms with Gasteiger partial charge < -0.3 is 5.32 Å². The lowest BCUT2D eigenvalue weighted by Gasteiger charge is -2.35. The Bertz CT molecular complexity index is 371. The molecule has 1 aliphatic rings. The third kappa shape index (κ3) is 3.58. The first-order valence-electron chi connectivity index (χ1n) is 7.71. The zero-order chi connectivity index (χ0) is 13.7. The minimum absolute atomic E-state index is 0.584. The van der Waals surface area contributed by atoms with Gasteiger partial charge in [0.25, 0.3) is 0 Å². The highest BCUT2D eigenvalue weighted by Crippen LogP contribution is 2.34. The maximum atomic E-state index is 3.39. The molecule has 0 aliphatic carbocycles. The van der Waals surface area contributed by atoms with Gasteiger partial charge in [-0.05, 0) is 57.9 Å². The molecule has 1 N–H and O–H groups in total. The van der Waals surface area contributed by atoms with Crippen molar-refractivity contribution in [3.05, 3.63) is 35.4 Å². The standard InChI is InChI=1S/C17H28N2/c1-4-19-12-6-5-7-16(13-18-3)17(19)15-10-8-14(2)9-11-15/h8-11,16-18H,4-7,12-13H2,1-3H3. The van der Waals surface area contributed by atoms with E-state index in [0.29, 0.717) is 6.04 Å². The minimum Gasteiger partial charge on any atom is -0.319 e. The molecule has 2 nitrogen and oxygen atoms in total. The highest BCUT2D eigenvalue weighted by Gasteiger charge is 2.29. The van der Waals surface area contributed by atoms with Gasteiger partial charge in [0.15, 0.2) is 0 Å². The van der Waals surface area contributed by atoms with Crippen LogP contribution in [-0.2, 0) is 0 Å². The molecule has 2 rings (SSSR count). The van der Waals surface area contributed by atoms with Crippen LogP contribution in [0.25, 0.3) is 0 Å². The van der Waals surface area contributed by atoms with E-state index in [0.717, 1.165) is 19.0 Å². The van der Waals surface area contributed by atoms with Crippen molar-refractivity contribution in [1.82, 2.24) is 10.2 Å². The fourth-order valence-corrected chi connectivity index (χ4v) is 3.39. The lowest BCUT2D eigenvalue weighted by atomic mass is 9.88. The molecule has 1 saturated heterocycles. The molecule has 1 aromatic carbocycles. The Hall–Kier alpha value is -0.860. The Morgan fingerprint density at radius 2 is 1.95 bits per heavy atom. The van der Waals surface area contributed by atoms with Crippen LogP contribution in [0.3, 0.4) is 0 Å². The monoisotopic (exact) mass is 260 g/mol.